The number of amides is 1. The van der Waals surface area contributed by atoms with Gasteiger partial charge in [-0.3, -0.25) is 4.79 Å². The predicted octanol–water partition coefficient (Wildman–Crippen LogP) is 5.40. The molecule has 1 N–H and O–H groups in total. The van der Waals surface area contributed by atoms with Crippen LogP contribution in [0.25, 0.3) is 5.69 Å². The highest BCUT2D eigenvalue weighted by Gasteiger charge is 2.32. The molecule has 0 bridgehead atoms. The summed E-state index contributed by atoms with van der Waals surface area (Å²) in [5.74, 6) is 1.84. The van der Waals surface area contributed by atoms with Crippen LogP contribution in [0.5, 0.6) is 5.75 Å². The minimum absolute atomic E-state index is 0.0453. The first-order valence-electron chi connectivity index (χ1n) is 9.46. The largest absolute Gasteiger partial charge is 0.491 e. The van der Waals surface area contributed by atoms with Gasteiger partial charge < -0.3 is 10.1 Å². The third-order valence-corrected chi connectivity index (χ3v) is 6.15. The van der Waals surface area contributed by atoms with Crippen molar-refractivity contribution in [3.63, 3.8) is 0 Å². The maximum Gasteiger partial charge on any atom is 0.235 e. The Balaban J connectivity index is 1.87. The van der Waals surface area contributed by atoms with E-state index in [2.05, 4.69) is 11.4 Å². The van der Waals surface area contributed by atoms with Crippen LogP contribution in [0.4, 0.5) is 5.82 Å². The van der Waals surface area contributed by atoms with E-state index in [1.54, 1.807) is 16.4 Å². The molecule has 1 aliphatic rings. The van der Waals surface area contributed by atoms with Gasteiger partial charge in [-0.05, 0) is 51.1 Å². The van der Waals surface area contributed by atoms with E-state index in [4.69, 9.17) is 21.4 Å². The van der Waals surface area contributed by atoms with Crippen LogP contribution >= 0.6 is 23.4 Å². The Kier molecular flexibility index (Phi) is 5.56. The molecule has 2 aromatic carbocycles. The minimum atomic E-state index is -0.0695. The number of aromatic nitrogens is 2. The van der Waals surface area contributed by atoms with Crippen molar-refractivity contribution >= 4 is 35.1 Å². The average molecular weight is 428 g/mol. The Morgan fingerprint density at radius 3 is 2.66 bits per heavy atom. The molecule has 0 saturated heterocycles. The van der Waals surface area contributed by atoms with Crippen LogP contribution in [0, 0.1) is 6.92 Å². The number of aryl methyl sites for hydroxylation is 1. The molecule has 1 aliphatic heterocycles. The van der Waals surface area contributed by atoms with Crippen molar-refractivity contribution in [2.24, 2.45) is 0 Å². The Morgan fingerprint density at radius 2 is 1.93 bits per heavy atom. The zero-order valence-corrected chi connectivity index (χ0v) is 18.1. The normalized spacial score (nSPS) is 16.3. The van der Waals surface area contributed by atoms with E-state index < -0.39 is 0 Å². The lowest BCUT2D eigenvalue weighted by Gasteiger charge is -2.20. The summed E-state index contributed by atoms with van der Waals surface area (Å²) in [6.07, 6.45) is 0.0593. The second kappa shape index (κ2) is 8.13. The van der Waals surface area contributed by atoms with Gasteiger partial charge in [0.05, 0.1) is 28.5 Å². The second-order valence-electron chi connectivity index (χ2n) is 7.18. The molecule has 3 aromatic rings. The maximum atomic E-state index is 12.5. The maximum absolute atomic E-state index is 12.5. The van der Waals surface area contributed by atoms with Crippen LogP contribution < -0.4 is 10.1 Å². The zero-order chi connectivity index (χ0) is 20.5. The Bertz CT molecular complexity index is 1050. The number of anilines is 1. The van der Waals surface area contributed by atoms with E-state index in [-0.39, 0.29) is 17.3 Å². The molecule has 0 spiro atoms. The van der Waals surface area contributed by atoms with Crippen molar-refractivity contribution in [2.75, 3.05) is 11.1 Å². The molecular weight excluding hydrogens is 406 g/mol. The summed E-state index contributed by atoms with van der Waals surface area (Å²) in [5, 5.41) is 8.38. The quantitative estimate of drug-likeness (QED) is 0.606. The fourth-order valence-electron chi connectivity index (χ4n) is 3.46. The number of carbonyl (C=O) groups excluding carboxylic acids is 1. The van der Waals surface area contributed by atoms with E-state index in [9.17, 15) is 4.79 Å². The third-order valence-electron chi connectivity index (χ3n) is 4.64. The topological polar surface area (TPSA) is 56.2 Å². The molecule has 1 amide bonds. The van der Waals surface area contributed by atoms with Gasteiger partial charge in [-0.15, -0.1) is 11.8 Å². The summed E-state index contributed by atoms with van der Waals surface area (Å²) >= 11 is 7.63. The molecule has 7 heteroatoms. The molecule has 0 radical (unpaired) electrons. The molecule has 0 fully saturated rings. The van der Waals surface area contributed by atoms with Crippen LogP contribution in [0.2, 0.25) is 5.02 Å². The lowest BCUT2D eigenvalue weighted by Crippen LogP contribution is -2.15. The highest BCUT2D eigenvalue weighted by atomic mass is 35.5. The predicted molar refractivity (Wildman–Crippen MR) is 118 cm³/mol. The van der Waals surface area contributed by atoms with Gasteiger partial charge in [0.25, 0.3) is 0 Å². The van der Waals surface area contributed by atoms with Crippen LogP contribution in [0.1, 0.15) is 35.9 Å². The summed E-state index contributed by atoms with van der Waals surface area (Å²) < 4.78 is 7.85. The highest BCUT2D eigenvalue weighted by molar-refractivity contribution is 8.00. The molecule has 0 aliphatic carbocycles. The molecular formula is C22H22ClN3O2S. The van der Waals surface area contributed by atoms with Gasteiger partial charge in [0, 0.05) is 16.1 Å². The fourth-order valence-corrected chi connectivity index (χ4v) is 4.80. The number of fused-ring (bicyclic) bond motifs is 1. The molecule has 2 heterocycles. The molecule has 1 aromatic heterocycles. The first-order chi connectivity index (χ1) is 13.9. The Hall–Kier alpha value is -2.44. The van der Waals surface area contributed by atoms with Gasteiger partial charge >= 0.3 is 0 Å². The highest BCUT2D eigenvalue weighted by Crippen LogP contribution is 2.46. The number of carbonyl (C=O) groups is 1. The lowest BCUT2D eigenvalue weighted by molar-refractivity contribution is -0.113. The first kappa shape index (κ1) is 19.9. The lowest BCUT2D eigenvalue weighted by atomic mass is 10.0. The molecule has 1 unspecified atom stereocenters. The van der Waals surface area contributed by atoms with Gasteiger partial charge in [-0.2, -0.15) is 5.10 Å². The molecule has 0 saturated carbocycles. The number of para-hydroxylation sites is 1. The summed E-state index contributed by atoms with van der Waals surface area (Å²) in [5.41, 5.74) is 3.75. The monoisotopic (exact) mass is 427 g/mol. The molecule has 29 heavy (non-hydrogen) atoms. The second-order valence-corrected chi connectivity index (χ2v) is 8.71. The molecule has 1 atom stereocenters. The summed E-state index contributed by atoms with van der Waals surface area (Å²) in [4.78, 5) is 12.5. The summed E-state index contributed by atoms with van der Waals surface area (Å²) in [6.45, 7) is 6.00. The van der Waals surface area contributed by atoms with Crippen molar-refractivity contribution in [3.05, 3.63) is 70.4 Å². The number of rotatable bonds is 4. The van der Waals surface area contributed by atoms with Crippen molar-refractivity contribution in [3.8, 4) is 11.4 Å². The van der Waals surface area contributed by atoms with E-state index >= 15 is 0 Å². The number of hydrogen-bond donors (Lipinski definition) is 1. The SMILES string of the molecule is Cc1nn(-c2ccc(Cl)cc2)c2c1C(c1ccccc1OC(C)C)SCC(=O)N2. The molecule has 4 rings (SSSR count). The molecule has 150 valence electrons. The van der Waals surface area contributed by atoms with Gasteiger partial charge in [-0.1, -0.05) is 29.8 Å². The summed E-state index contributed by atoms with van der Waals surface area (Å²) in [7, 11) is 0. The van der Waals surface area contributed by atoms with Gasteiger partial charge in [0.2, 0.25) is 5.91 Å². The van der Waals surface area contributed by atoms with Crippen LogP contribution in [0.15, 0.2) is 48.5 Å². The smallest absolute Gasteiger partial charge is 0.235 e. The average Bonchev–Trinajstić information content (AvgIpc) is 2.89. The van der Waals surface area contributed by atoms with Crippen molar-refractivity contribution < 1.29 is 9.53 Å². The number of hydrogen-bond acceptors (Lipinski definition) is 4. The van der Waals surface area contributed by atoms with Crippen LogP contribution in [0.3, 0.4) is 0 Å². The van der Waals surface area contributed by atoms with E-state index in [0.29, 0.717) is 16.6 Å². The van der Waals surface area contributed by atoms with E-state index in [1.165, 1.54) is 0 Å². The Labute approximate surface area is 179 Å². The standard InChI is InChI=1S/C22H22ClN3O2S/c1-13(2)28-18-7-5-4-6-17(18)21-20-14(3)25-26(16-10-8-15(23)9-11-16)22(20)24-19(27)12-29-21/h4-11,13,21H,12H2,1-3H3,(H,24,27). The summed E-state index contributed by atoms with van der Waals surface area (Å²) in [6, 6.07) is 15.4. The van der Waals surface area contributed by atoms with Crippen LogP contribution in [-0.4, -0.2) is 27.5 Å². The van der Waals surface area contributed by atoms with E-state index in [0.717, 1.165) is 28.3 Å². The van der Waals surface area contributed by atoms with Gasteiger partial charge in [-0.25, -0.2) is 4.68 Å². The third kappa shape index (κ3) is 4.00. The number of benzene rings is 2. The van der Waals surface area contributed by atoms with Crippen molar-refractivity contribution in [1.82, 2.24) is 9.78 Å². The molecule has 5 nitrogen and oxygen atoms in total. The number of nitrogens with zero attached hydrogens (tertiary/aromatic N) is 2. The number of halogens is 1. The van der Waals surface area contributed by atoms with Crippen molar-refractivity contribution in [2.45, 2.75) is 32.1 Å². The fraction of sp³-hybridized carbons (Fsp3) is 0.273. The number of ether oxygens (including phenoxy) is 1. The van der Waals surface area contributed by atoms with Gasteiger partial charge in [0.15, 0.2) is 0 Å². The number of thioether (sulfide) groups is 1. The van der Waals surface area contributed by atoms with Gasteiger partial charge in [0.1, 0.15) is 11.6 Å². The van der Waals surface area contributed by atoms with E-state index in [1.807, 2.05) is 63.2 Å². The zero-order valence-electron chi connectivity index (χ0n) is 16.5. The van der Waals surface area contributed by atoms with Crippen molar-refractivity contribution in [1.29, 1.82) is 0 Å². The Morgan fingerprint density at radius 1 is 1.21 bits per heavy atom. The minimum Gasteiger partial charge on any atom is -0.491 e. The number of nitrogens with one attached hydrogen (secondary N) is 1. The van der Waals surface area contributed by atoms with Crippen LogP contribution in [-0.2, 0) is 4.79 Å². The first-order valence-corrected chi connectivity index (χ1v) is 10.9.